The molecule has 1 N–H and O–H groups in total. The smallest absolute Gasteiger partial charge is 0.193 e. The standard InChI is InChI=1S/C20H34N4O2/c1-21-20(24-10-9-17(14-24)16-26-12-11-25-4)22-13-18-7-5-6-8-19(18)15-23(2)3/h5-8,17H,9-16H2,1-4H3,(H,21,22). The monoisotopic (exact) mass is 362 g/mol. The van der Waals surface area contributed by atoms with Crippen LogP contribution in [0.3, 0.4) is 0 Å². The number of aliphatic imine (C=N–C) groups is 1. The highest BCUT2D eigenvalue weighted by Crippen LogP contribution is 2.17. The number of methoxy groups -OCH3 is 1. The number of likely N-dealkylation sites (tertiary alicyclic amines) is 1. The van der Waals surface area contributed by atoms with Crippen molar-refractivity contribution in [3.8, 4) is 0 Å². The zero-order valence-corrected chi connectivity index (χ0v) is 16.7. The Hall–Kier alpha value is -1.63. The molecule has 1 atom stereocenters. The number of nitrogens with one attached hydrogen (secondary N) is 1. The summed E-state index contributed by atoms with van der Waals surface area (Å²) >= 11 is 0. The molecule has 1 saturated heterocycles. The molecule has 6 nitrogen and oxygen atoms in total. The molecule has 0 bridgehead atoms. The van der Waals surface area contributed by atoms with E-state index in [0.717, 1.165) is 45.2 Å². The molecule has 1 unspecified atom stereocenters. The Balaban J connectivity index is 1.83. The molecule has 146 valence electrons. The van der Waals surface area contributed by atoms with Crippen LogP contribution in [0, 0.1) is 5.92 Å². The van der Waals surface area contributed by atoms with Gasteiger partial charge in [0.15, 0.2) is 5.96 Å². The summed E-state index contributed by atoms with van der Waals surface area (Å²) in [5, 5.41) is 3.53. The van der Waals surface area contributed by atoms with Gasteiger partial charge in [0.2, 0.25) is 0 Å². The summed E-state index contributed by atoms with van der Waals surface area (Å²) in [6.07, 6.45) is 1.14. The quantitative estimate of drug-likeness (QED) is 0.412. The molecule has 1 aromatic carbocycles. The van der Waals surface area contributed by atoms with Crippen LogP contribution in [-0.2, 0) is 22.6 Å². The van der Waals surface area contributed by atoms with E-state index >= 15 is 0 Å². The second-order valence-electron chi connectivity index (χ2n) is 7.08. The third-order valence-corrected chi connectivity index (χ3v) is 4.62. The van der Waals surface area contributed by atoms with Crippen molar-refractivity contribution in [2.75, 3.05) is 61.2 Å². The first-order valence-corrected chi connectivity index (χ1v) is 9.37. The summed E-state index contributed by atoms with van der Waals surface area (Å²) in [6.45, 7) is 5.88. The fourth-order valence-electron chi connectivity index (χ4n) is 3.28. The SMILES string of the molecule is CN=C(NCc1ccccc1CN(C)C)N1CCC(COCCOC)C1. The van der Waals surface area contributed by atoms with Gasteiger partial charge in [0.25, 0.3) is 0 Å². The van der Waals surface area contributed by atoms with E-state index in [1.807, 2.05) is 7.05 Å². The summed E-state index contributed by atoms with van der Waals surface area (Å²) in [6, 6.07) is 8.59. The van der Waals surface area contributed by atoms with Gasteiger partial charge in [-0.15, -0.1) is 0 Å². The first-order valence-electron chi connectivity index (χ1n) is 9.37. The van der Waals surface area contributed by atoms with Crippen molar-refractivity contribution in [1.82, 2.24) is 15.1 Å². The molecule has 2 rings (SSSR count). The molecule has 0 radical (unpaired) electrons. The molecule has 1 fully saturated rings. The van der Waals surface area contributed by atoms with Gasteiger partial charge in [-0.05, 0) is 31.6 Å². The summed E-state index contributed by atoms with van der Waals surface area (Å²) in [5.41, 5.74) is 2.67. The second kappa shape index (κ2) is 11.2. The zero-order chi connectivity index (χ0) is 18.8. The van der Waals surface area contributed by atoms with Crippen molar-refractivity contribution in [3.05, 3.63) is 35.4 Å². The van der Waals surface area contributed by atoms with Gasteiger partial charge in [0.05, 0.1) is 19.8 Å². The minimum atomic E-state index is 0.562. The molecule has 1 heterocycles. The largest absolute Gasteiger partial charge is 0.382 e. The van der Waals surface area contributed by atoms with Crippen LogP contribution in [0.15, 0.2) is 29.3 Å². The summed E-state index contributed by atoms with van der Waals surface area (Å²) in [4.78, 5) is 9.01. The molecule has 0 spiro atoms. The van der Waals surface area contributed by atoms with Crippen molar-refractivity contribution >= 4 is 5.96 Å². The highest BCUT2D eigenvalue weighted by molar-refractivity contribution is 5.80. The van der Waals surface area contributed by atoms with Crippen LogP contribution >= 0.6 is 0 Å². The number of benzene rings is 1. The Bertz CT molecular complexity index is 562. The molecule has 0 saturated carbocycles. The van der Waals surface area contributed by atoms with Crippen molar-refractivity contribution in [3.63, 3.8) is 0 Å². The summed E-state index contributed by atoms with van der Waals surface area (Å²) in [5.74, 6) is 1.54. The lowest BCUT2D eigenvalue weighted by Gasteiger charge is -2.23. The molecule has 1 aliphatic heterocycles. The molecule has 26 heavy (non-hydrogen) atoms. The molecular formula is C20H34N4O2. The number of hydrogen-bond acceptors (Lipinski definition) is 4. The third-order valence-electron chi connectivity index (χ3n) is 4.62. The van der Waals surface area contributed by atoms with Gasteiger partial charge in [0.1, 0.15) is 0 Å². The molecule has 6 heteroatoms. The summed E-state index contributed by atoms with van der Waals surface area (Å²) < 4.78 is 10.7. The normalized spacial score (nSPS) is 18.0. The van der Waals surface area contributed by atoms with E-state index in [4.69, 9.17) is 9.47 Å². The van der Waals surface area contributed by atoms with Gasteiger partial charge < -0.3 is 24.6 Å². The maximum Gasteiger partial charge on any atom is 0.193 e. The lowest BCUT2D eigenvalue weighted by atomic mass is 10.1. The minimum Gasteiger partial charge on any atom is -0.382 e. The highest BCUT2D eigenvalue weighted by atomic mass is 16.5. The van der Waals surface area contributed by atoms with E-state index in [1.54, 1.807) is 7.11 Å². The van der Waals surface area contributed by atoms with E-state index in [-0.39, 0.29) is 0 Å². The Morgan fingerprint density at radius 3 is 2.73 bits per heavy atom. The average molecular weight is 363 g/mol. The van der Waals surface area contributed by atoms with Gasteiger partial charge in [-0.1, -0.05) is 24.3 Å². The van der Waals surface area contributed by atoms with Gasteiger partial charge >= 0.3 is 0 Å². The molecule has 1 aromatic rings. The molecule has 0 aromatic heterocycles. The van der Waals surface area contributed by atoms with Crippen LogP contribution in [0.25, 0.3) is 0 Å². The van der Waals surface area contributed by atoms with Gasteiger partial charge in [0, 0.05) is 46.3 Å². The number of nitrogens with zero attached hydrogens (tertiary/aromatic N) is 3. The van der Waals surface area contributed by atoms with Crippen LogP contribution < -0.4 is 5.32 Å². The molecule has 1 aliphatic rings. The Labute approximate surface area is 158 Å². The van der Waals surface area contributed by atoms with E-state index in [9.17, 15) is 0 Å². The van der Waals surface area contributed by atoms with Crippen LogP contribution in [0.5, 0.6) is 0 Å². The maximum atomic E-state index is 5.69. The maximum absolute atomic E-state index is 5.69. The van der Waals surface area contributed by atoms with Crippen molar-refractivity contribution in [2.45, 2.75) is 19.5 Å². The van der Waals surface area contributed by atoms with Gasteiger partial charge in [-0.2, -0.15) is 0 Å². The van der Waals surface area contributed by atoms with Crippen LogP contribution in [0.1, 0.15) is 17.5 Å². The average Bonchev–Trinajstić information content (AvgIpc) is 3.09. The fraction of sp³-hybridized carbons (Fsp3) is 0.650. The highest BCUT2D eigenvalue weighted by Gasteiger charge is 2.25. The van der Waals surface area contributed by atoms with E-state index in [1.165, 1.54) is 11.1 Å². The van der Waals surface area contributed by atoms with Crippen molar-refractivity contribution in [2.24, 2.45) is 10.9 Å². The number of hydrogen-bond donors (Lipinski definition) is 1. The number of rotatable bonds is 9. The second-order valence-corrected chi connectivity index (χ2v) is 7.08. The predicted octanol–water partition coefficient (Wildman–Crippen LogP) is 1.81. The van der Waals surface area contributed by atoms with Crippen LogP contribution in [0.2, 0.25) is 0 Å². The fourth-order valence-corrected chi connectivity index (χ4v) is 3.28. The van der Waals surface area contributed by atoms with Crippen LogP contribution in [0.4, 0.5) is 0 Å². The van der Waals surface area contributed by atoms with Crippen LogP contribution in [-0.4, -0.2) is 76.9 Å². The topological polar surface area (TPSA) is 49.3 Å². The zero-order valence-electron chi connectivity index (χ0n) is 16.7. The van der Waals surface area contributed by atoms with Crippen molar-refractivity contribution in [1.29, 1.82) is 0 Å². The third kappa shape index (κ3) is 6.59. The van der Waals surface area contributed by atoms with Gasteiger partial charge in [-0.3, -0.25) is 4.99 Å². The molecular weight excluding hydrogens is 328 g/mol. The Kier molecular flexibility index (Phi) is 8.88. The molecule has 0 aliphatic carbocycles. The molecule has 0 amide bonds. The number of guanidine groups is 1. The summed E-state index contributed by atoms with van der Waals surface area (Å²) in [7, 11) is 7.76. The van der Waals surface area contributed by atoms with E-state index < -0.39 is 0 Å². The van der Waals surface area contributed by atoms with E-state index in [2.05, 4.69) is 58.5 Å². The Morgan fingerprint density at radius 2 is 2.04 bits per heavy atom. The lowest BCUT2D eigenvalue weighted by molar-refractivity contribution is 0.0536. The van der Waals surface area contributed by atoms with Crippen molar-refractivity contribution < 1.29 is 9.47 Å². The lowest BCUT2D eigenvalue weighted by Crippen LogP contribution is -2.40. The first kappa shape index (κ1) is 20.7. The Morgan fingerprint density at radius 1 is 1.27 bits per heavy atom. The van der Waals surface area contributed by atoms with Gasteiger partial charge in [-0.25, -0.2) is 0 Å². The first-order chi connectivity index (χ1) is 12.6. The van der Waals surface area contributed by atoms with E-state index in [0.29, 0.717) is 19.1 Å². The predicted molar refractivity (Wildman–Crippen MR) is 106 cm³/mol. The number of ether oxygens (including phenoxy) is 2. The minimum absolute atomic E-state index is 0.562.